The fourth-order valence-electron chi connectivity index (χ4n) is 3.61. The molecule has 1 heterocycles. The normalized spacial score (nSPS) is 14.7. The molecule has 4 rings (SSSR count). The summed E-state index contributed by atoms with van der Waals surface area (Å²) in [6.07, 6.45) is 5.30. The third-order valence-electron chi connectivity index (χ3n) is 5.03. The molecule has 0 spiro atoms. The SMILES string of the molecule is O=C(CCOc1ccccc1)Nc1cnn(CC(=O)NC2CCc3ccccc32)c1. The maximum atomic E-state index is 12.4. The van der Waals surface area contributed by atoms with Crippen LogP contribution in [0.1, 0.15) is 30.0 Å². The number of nitrogens with one attached hydrogen (secondary N) is 2. The molecule has 1 atom stereocenters. The van der Waals surface area contributed by atoms with Crippen molar-refractivity contribution >= 4 is 17.5 Å². The van der Waals surface area contributed by atoms with Gasteiger partial charge in [0, 0.05) is 6.20 Å². The van der Waals surface area contributed by atoms with Crippen molar-refractivity contribution in [3.05, 3.63) is 78.1 Å². The fourth-order valence-corrected chi connectivity index (χ4v) is 3.61. The number of anilines is 1. The predicted molar refractivity (Wildman–Crippen MR) is 113 cm³/mol. The van der Waals surface area contributed by atoms with Crippen LogP contribution in [0, 0.1) is 0 Å². The Morgan fingerprint density at radius 3 is 2.73 bits per heavy atom. The molecule has 7 heteroatoms. The van der Waals surface area contributed by atoms with E-state index in [9.17, 15) is 9.59 Å². The molecule has 0 radical (unpaired) electrons. The van der Waals surface area contributed by atoms with Gasteiger partial charge >= 0.3 is 0 Å². The smallest absolute Gasteiger partial charge is 0.242 e. The van der Waals surface area contributed by atoms with Gasteiger partial charge in [0.25, 0.3) is 0 Å². The molecule has 2 N–H and O–H groups in total. The lowest BCUT2D eigenvalue weighted by Gasteiger charge is -2.14. The fraction of sp³-hybridized carbons (Fsp3) is 0.261. The van der Waals surface area contributed by atoms with Crippen LogP contribution in [0.5, 0.6) is 5.75 Å². The van der Waals surface area contributed by atoms with E-state index in [4.69, 9.17) is 4.74 Å². The second-order valence-electron chi connectivity index (χ2n) is 7.24. The van der Waals surface area contributed by atoms with Crippen LogP contribution >= 0.6 is 0 Å². The van der Waals surface area contributed by atoms with Gasteiger partial charge in [-0.2, -0.15) is 5.10 Å². The minimum atomic E-state index is -0.169. The van der Waals surface area contributed by atoms with Gasteiger partial charge in [0.1, 0.15) is 12.3 Å². The molecule has 3 aromatic rings. The van der Waals surface area contributed by atoms with E-state index >= 15 is 0 Å². The van der Waals surface area contributed by atoms with Gasteiger partial charge in [-0.1, -0.05) is 42.5 Å². The number of hydrogen-bond donors (Lipinski definition) is 2. The average molecular weight is 404 g/mol. The number of carbonyl (C=O) groups excluding carboxylic acids is 2. The highest BCUT2D eigenvalue weighted by molar-refractivity contribution is 5.90. The lowest BCUT2D eigenvalue weighted by atomic mass is 10.1. The Bertz CT molecular complexity index is 1020. The molecule has 1 unspecified atom stereocenters. The number of fused-ring (bicyclic) bond motifs is 1. The number of benzene rings is 2. The van der Waals surface area contributed by atoms with Gasteiger partial charge < -0.3 is 15.4 Å². The first-order chi connectivity index (χ1) is 14.7. The van der Waals surface area contributed by atoms with Gasteiger partial charge in [0.2, 0.25) is 11.8 Å². The number of aromatic nitrogens is 2. The van der Waals surface area contributed by atoms with Crippen LogP contribution in [0.4, 0.5) is 5.69 Å². The van der Waals surface area contributed by atoms with E-state index in [0.717, 1.165) is 18.6 Å². The van der Waals surface area contributed by atoms with Crippen molar-refractivity contribution in [2.45, 2.75) is 31.8 Å². The van der Waals surface area contributed by atoms with Crippen molar-refractivity contribution in [3.63, 3.8) is 0 Å². The van der Waals surface area contributed by atoms with E-state index < -0.39 is 0 Å². The third-order valence-corrected chi connectivity index (χ3v) is 5.03. The number of nitrogens with zero attached hydrogens (tertiary/aromatic N) is 2. The van der Waals surface area contributed by atoms with Gasteiger partial charge in [-0.3, -0.25) is 14.3 Å². The van der Waals surface area contributed by atoms with Crippen molar-refractivity contribution in [2.24, 2.45) is 0 Å². The Morgan fingerprint density at radius 1 is 1.07 bits per heavy atom. The van der Waals surface area contributed by atoms with E-state index in [-0.39, 0.29) is 37.4 Å². The van der Waals surface area contributed by atoms with E-state index in [1.807, 2.05) is 42.5 Å². The Kier molecular flexibility index (Phi) is 6.08. The minimum absolute atomic E-state index is 0.0491. The van der Waals surface area contributed by atoms with Gasteiger partial charge in [0.15, 0.2) is 0 Å². The van der Waals surface area contributed by atoms with Gasteiger partial charge in [-0.05, 0) is 36.1 Å². The number of ether oxygens (including phenoxy) is 1. The van der Waals surface area contributed by atoms with Crippen LogP contribution in [0.2, 0.25) is 0 Å². The molecule has 0 fully saturated rings. The molecule has 1 aliphatic carbocycles. The second-order valence-corrected chi connectivity index (χ2v) is 7.24. The summed E-state index contributed by atoms with van der Waals surface area (Å²) in [7, 11) is 0. The quantitative estimate of drug-likeness (QED) is 0.604. The topological polar surface area (TPSA) is 85.2 Å². The molecule has 2 aromatic carbocycles. The number of hydrogen-bond acceptors (Lipinski definition) is 4. The highest BCUT2D eigenvalue weighted by atomic mass is 16.5. The minimum Gasteiger partial charge on any atom is -0.493 e. The number of carbonyl (C=O) groups is 2. The van der Waals surface area contributed by atoms with Crippen molar-refractivity contribution in [2.75, 3.05) is 11.9 Å². The molecule has 0 aliphatic heterocycles. The molecule has 30 heavy (non-hydrogen) atoms. The Morgan fingerprint density at radius 2 is 1.87 bits per heavy atom. The number of amides is 2. The van der Waals surface area contributed by atoms with Crippen molar-refractivity contribution in [3.8, 4) is 5.75 Å². The summed E-state index contributed by atoms with van der Waals surface area (Å²) in [5, 5.41) is 10.0. The average Bonchev–Trinajstić information content (AvgIpc) is 3.36. The summed E-state index contributed by atoms with van der Waals surface area (Å²) >= 11 is 0. The van der Waals surface area contributed by atoms with Crippen LogP contribution in [0.15, 0.2) is 67.0 Å². The highest BCUT2D eigenvalue weighted by Crippen LogP contribution is 2.30. The molecule has 0 saturated carbocycles. The highest BCUT2D eigenvalue weighted by Gasteiger charge is 2.23. The van der Waals surface area contributed by atoms with Gasteiger partial charge in [-0.15, -0.1) is 0 Å². The van der Waals surface area contributed by atoms with E-state index in [1.165, 1.54) is 22.0 Å². The first-order valence-corrected chi connectivity index (χ1v) is 10.0. The third kappa shape index (κ3) is 5.05. The molecule has 0 saturated heterocycles. The van der Waals surface area contributed by atoms with E-state index in [1.54, 1.807) is 6.20 Å². The lowest BCUT2D eigenvalue weighted by molar-refractivity contribution is -0.122. The summed E-state index contributed by atoms with van der Waals surface area (Å²) < 4.78 is 7.05. The zero-order valence-electron chi connectivity index (χ0n) is 16.6. The number of para-hydroxylation sites is 1. The number of aryl methyl sites for hydroxylation is 1. The van der Waals surface area contributed by atoms with Gasteiger partial charge in [0.05, 0.1) is 31.0 Å². The van der Waals surface area contributed by atoms with Crippen LogP contribution in [0.25, 0.3) is 0 Å². The maximum absolute atomic E-state index is 12.4. The molecular formula is C23H24N4O3. The predicted octanol–water partition coefficient (Wildman–Crippen LogP) is 3.09. The van der Waals surface area contributed by atoms with Crippen LogP contribution in [-0.2, 0) is 22.6 Å². The first kappa shape index (κ1) is 19.7. The first-order valence-electron chi connectivity index (χ1n) is 10.0. The summed E-state index contributed by atoms with van der Waals surface area (Å²) in [6, 6.07) is 17.6. The molecular weight excluding hydrogens is 380 g/mol. The van der Waals surface area contributed by atoms with Gasteiger partial charge in [-0.25, -0.2) is 0 Å². The Labute approximate surface area is 175 Å². The molecule has 2 amide bonds. The lowest BCUT2D eigenvalue weighted by Crippen LogP contribution is -2.30. The summed E-state index contributed by atoms with van der Waals surface area (Å²) in [5.41, 5.74) is 3.04. The second kappa shape index (κ2) is 9.26. The zero-order chi connectivity index (χ0) is 20.8. The zero-order valence-corrected chi connectivity index (χ0v) is 16.6. The largest absolute Gasteiger partial charge is 0.493 e. The monoisotopic (exact) mass is 404 g/mol. The Hall–Kier alpha value is -3.61. The number of rotatable bonds is 8. The van der Waals surface area contributed by atoms with Crippen LogP contribution < -0.4 is 15.4 Å². The van der Waals surface area contributed by atoms with E-state index in [0.29, 0.717) is 5.69 Å². The van der Waals surface area contributed by atoms with Crippen LogP contribution in [-0.4, -0.2) is 28.2 Å². The molecule has 154 valence electrons. The summed E-state index contributed by atoms with van der Waals surface area (Å²) in [4.78, 5) is 24.5. The van der Waals surface area contributed by atoms with Crippen molar-refractivity contribution in [1.82, 2.24) is 15.1 Å². The molecule has 1 aliphatic rings. The van der Waals surface area contributed by atoms with Crippen LogP contribution in [0.3, 0.4) is 0 Å². The molecule has 0 bridgehead atoms. The molecule has 1 aromatic heterocycles. The standard InChI is InChI=1S/C23H24N4O3/c28-22(12-13-30-19-7-2-1-3-8-19)25-18-14-24-27(15-18)16-23(29)26-21-11-10-17-6-4-5-9-20(17)21/h1-9,14-15,21H,10-13,16H2,(H,25,28)(H,26,29). The summed E-state index contributed by atoms with van der Waals surface area (Å²) in [6.45, 7) is 0.390. The molecule has 7 nitrogen and oxygen atoms in total. The maximum Gasteiger partial charge on any atom is 0.242 e. The Balaban J connectivity index is 1.22. The van der Waals surface area contributed by atoms with E-state index in [2.05, 4.69) is 27.9 Å². The van der Waals surface area contributed by atoms with Crippen molar-refractivity contribution < 1.29 is 14.3 Å². The summed E-state index contributed by atoms with van der Waals surface area (Å²) in [5.74, 6) is 0.459. The van der Waals surface area contributed by atoms with Crippen molar-refractivity contribution in [1.29, 1.82) is 0 Å².